The summed E-state index contributed by atoms with van der Waals surface area (Å²) < 4.78 is 17.2. The topological polar surface area (TPSA) is 60.0 Å². The molecule has 184 valence electrons. The zero-order chi connectivity index (χ0) is 25.0. The maximum Gasteiger partial charge on any atom is 0.411 e. The summed E-state index contributed by atoms with van der Waals surface area (Å²) in [6.45, 7) is 6.25. The first kappa shape index (κ1) is 24.5. The minimum Gasteiger partial charge on any atom is -0.493 e. The van der Waals surface area contributed by atoms with Crippen molar-refractivity contribution >= 4 is 11.8 Å². The molecule has 1 aliphatic heterocycles. The van der Waals surface area contributed by atoms with Crippen LogP contribution in [0.4, 0.5) is 10.5 Å². The fourth-order valence-corrected chi connectivity index (χ4v) is 4.59. The van der Waals surface area contributed by atoms with Gasteiger partial charge in [-0.05, 0) is 68.1 Å². The zero-order valence-corrected chi connectivity index (χ0v) is 21.1. The maximum absolute atomic E-state index is 13.7. The Morgan fingerprint density at radius 1 is 0.943 bits per heavy atom. The number of anilines is 1. The molecule has 3 aromatic carbocycles. The van der Waals surface area contributed by atoms with Crippen LogP contribution in [0.2, 0.25) is 0 Å². The van der Waals surface area contributed by atoms with Crippen molar-refractivity contribution in [2.24, 2.45) is 0 Å². The van der Waals surface area contributed by atoms with Gasteiger partial charge >= 0.3 is 6.09 Å². The fourth-order valence-electron chi connectivity index (χ4n) is 4.59. The Kier molecular flexibility index (Phi) is 7.20. The Morgan fingerprint density at radius 2 is 1.54 bits per heavy atom. The van der Waals surface area contributed by atoms with E-state index in [0.717, 1.165) is 22.4 Å². The van der Waals surface area contributed by atoms with E-state index in [1.165, 1.54) is 0 Å². The van der Waals surface area contributed by atoms with Crippen LogP contribution in [0.3, 0.4) is 0 Å². The Bertz CT molecular complexity index is 1140. The lowest BCUT2D eigenvalue weighted by Crippen LogP contribution is -2.52. The minimum atomic E-state index is -0.617. The van der Waals surface area contributed by atoms with Gasteiger partial charge in [-0.1, -0.05) is 48.5 Å². The monoisotopic (exact) mass is 474 g/mol. The number of amides is 1. The number of carbonyl (C=O) groups is 1. The predicted molar refractivity (Wildman–Crippen MR) is 138 cm³/mol. The van der Waals surface area contributed by atoms with Crippen LogP contribution in [0.15, 0.2) is 72.8 Å². The van der Waals surface area contributed by atoms with E-state index < -0.39 is 5.60 Å². The highest BCUT2D eigenvalue weighted by Gasteiger charge is 2.41. The van der Waals surface area contributed by atoms with E-state index in [2.05, 4.69) is 17.4 Å². The highest BCUT2D eigenvalue weighted by atomic mass is 16.6. The Morgan fingerprint density at radius 3 is 2.14 bits per heavy atom. The third kappa shape index (κ3) is 5.53. The zero-order valence-electron chi connectivity index (χ0n) is 21.1. The lowest BCUT2D eigenvalue weighted by Gasteiger charge is -2.44. The molecule has 0 spiro atoms. The molecule has 1 amide bonds. The van der Waals surface area contributed by atoms with E-state index in [4.69, 9.17) is 14.2 Å². The van der Waals surface area contributed by atoms with Crippen LogP contribution in [-0.4, -0.2) is 43.4 Å². The lowest BCUT2D eigenvalue weighted by molar-refractivity contribution is 0.00740. The molecule has 1 heterocycles. The number of para-hydroxylation sites is 1. The summed E-state index contributed by atoms with van der Waals surface area (Å²) in [5, 5.41) is 3.51. The van der Waals surface area contributed by atoms with Crippen molar-refractivity contribution in [3.05, 3.63) is 89.5 Å². The normalized spacial score (nSPS) is 17.3. The van der Waals surface area contributed by atoms with Crippen molar-refractivity contribution in [3.8, 4) is 11.5 Å². The van der Waals surface area contributed by atoms with Gasteiger partial charge in [-0.25, -0.2) is 4.79 Å². The first-order chi connectivity index (χ1) is 16.8. The highest BCUT2D eigenvalue weighted by Crippen LogP contribution is 2.43. The summed E-state index contributed by atoms with van der Waals surface area (Å²) in [7, 11) is 3.27. The molecule has 1 aliphatic rings. The van der Waals surface area contributed by atoms with Crippen LogP contribution in [0.1, 0.15) is 43.5 Å². The average Bonchev–Trinajstić information content (AvgIpc) is 2.85. The van der Waals surface area contributed by atoms with Crippen LogP contribution in [0, 0.1) is 0 Å². The van der Waals surface area contributed by atoms with Crippen LogP contribution in [-0.2, 0) is 11.2 Å². The van der Waals surface area contributed by atoms with E-state index >= 15 is 0 Å². The van der Waals surface area contributed by atoms with Gasteiger partial charge in [0.15, 0.2) is 11.5 Å². The molecule has 0 aliphatic carbocycles. The second-order valence-electron chi connectivity index (χ2n) is 9.71. The first-order valence-corrected chi connectivity index (χ1v) is 11.9. The molecule has 0 unspecified atom stereocenters. The van der Waals surface area contributed by atoms with Gasteiger partial charge in [-0.3, -0.25) is 4.90 Å². The molecule has 4 rings (SSSR count). The molecular formula is C29H34N2O4. The van der Waals surface area contributed by atoms with Crippen molar-refractivity contribution in [2.45, 2.75) is 44.9 Å². The standard InChI is InChI=1S/C29H34N2O4/c1-29(2,3)35-28(32)31-23(19-30-22-14-10-7-11-15-22)16-21-17-25(33-4)26(34-5)18-24(21)27(31)20-12-8-6-9-13-20/h6-15,17-18,23,27,30H,16,19H2,1-5H3/t23-,27-/m0/s1. The van der Waals surface area contributed by atoms with Crippen molar-refractivity contribution < 1.29 is 19.0 Å². The van der Waals surface area contributed by atoms with E-state index in [0.29, 0.717) is 24.5 Å². The molecule has 0 fully saturated rings. The van der Waals surface area contributed by atoms with Gasteiger partial charge in [0.25, 0.3) is 0 Å². The van der Waals surface area contributed by atoms with E-state index in [-0.39, 0.29) is 18.2 Å². The van der Waals surface area contributed by atoms with Crippen LogP contribution < -0.4 is 14.8 Å². The predicted octanol–water partition coefficient (Wildman–Crippen LogP) is 6.07. The molecule has 6 nitrogen and oxygen atoms in total. The van der Waals surface area contributed by atoms with Crippen molar-refractivity contribution in [2.75, 3.05) is 26.1 Å². The van der Waals surface area contributed by atoms with Gasteiger partial charge in [0.1, 0.15) is 5.60 Å². The molecule has 0 saturated heterocycles. The fraction of sp³-hybridized carbons (Fsp3) is 0.345. The number of ether oxygens (including phenoxy) is 3. The van der Waals surface area contributed by atoms with Crippen molar-refractivity contribution in [1.29, 1.82) is 0 Å². The summed E-state index contributed by atoms with van der Waals surface area (Å²) in [6.07, 6.45) is 0.310. The van der Waals surface area contributed by atoms with E-state index in [1.807, 2.05) is 86.3 Å². The number of fused-ring (bicyclic) bond motifs is 1. The number of methoxy groups -OCH3 is 2. The summed E-state index contributed by atoms with van der Waals surface area (Å²) in [4.78, 5) is 15.6. The summed E-state index contributed by atoms with van der Waals surface area (Å²) in [5.41, 5.74) is 3.53. The molecule has 2 atom stereocenters. The average molecular weight is 475 g/mol. The number of nitrogens with zero attached hydrogens (tertiary/aromatic N) is 1. The number of hydrogen-bond donors (Lipinski definition) is 1. The minimum absolute atomic E-state index is 0.152. The van der Waals surface area contributed by atoms with Crippen LogP contribution in [0.5, 0.6) is 11.5 Å². The Labute approximate surface area is 207 Å². The maximum atomic E-state index is 13.7. The molecule has 35 heavy (non-hydrogen) atoms. The number of carbonyl (C=O) groups excluding carboxylic acids is 1. The second-order valence-corrected chi connectivity index (χ2v) is 9.71. The quantitative estimate of drug-likeness (QED) is 0.470. The summed E-state index contributed by atoms with van der Waals surface area (Å²) >= 11 is 0. The molecule has 6 heteroatoms. The second kappa shape index (κ2) is 10.3. The molecule has 3 aromatic rings. The molecule has 0 radical (unpaired) electrons. The van der Waals surface area contributed by atoms with Gasteiger partial charge in [0, 0.05) is 12.2 Å². The summed E-state index contributed by atoms with van der Waals surface area (Å²) in [6, 6.07) is 23.6. The van der Waals surface area contributed by atoms with Crippen molar-refractivity contribution in [1.82, 2.24) is 4.90 Å². The number of rotatable bonds is 6. The third-order valence-electron chi connectivity index (χ3n) is 6.10. The number of nitrogens with one attached hydrogen (secondary N) is 1. The Hall–Kier alpha value is -3.67. The summed E-state index contributed by atoms with van der Waals surface area (Å²) in [5.74, 6) is 1.32. The van der Waals surface area contributed by atoms with E-state index in [1.54, 1.807) is 14.2 Å². The molecule has 0 bridgehead atoms. The number of hydrogen-bond acceptors (Lipinski definition) is 5. The Balaban J connectivity index is 1.83. The lowest BCUT2D eigenvalue weighted by atomic mass is 9.84. The highest BCUT2D eigenvalue weighted by molar-refractivity contribution is 5.72. The van der Waals surface area contributed by atoms with Gasteiger partial charge in [-0.15, -0.1) is 0 Å². The number of benzene rings is 3. The molecule has 0 aromatic heterocycles. The van der Waals surface area contributed by atoms with Gasteiger partial charge in [0.2, 0.25) is 0 Å². The van der Waals surface area contributed by atoms with Crippen LogP contribution in [0.25, 0.3) is 0 Å². The van der Waals surface area contributed by atoms with E-state index in [9.17, 15) is 4.79 Å². The van der Waals surface area contributed by atoms with Gasteiger partial charge in [-0.2, -0.15) is 0 Å². The molecular weight excluding hydrogens is 440 g/mol. The smallest absolute Gasteiger partial charge is 0.411 e. The molecule has 0 saturated carbocycles. The molecule has 1 N–H and O–H groups in total. The SMILES string of the molecule is COc1cc2c(cc1OC)[C@H](c1ccccc1)N(C(=O)OC(C)(C)C)[C@H](CNc1ccccc1)C2. The van der Waals surface area contributed by atoms with Gasteiger partial charge in [0.05, 0.1) is 26.3 Å². The van der Waals surface area contributed by atoms with Gasteiger partial charge < -0.3 is 19.5 Å². The van der Waals surface area contributed by atoms with Crippen LogP contribution >= 0.6 is 0 Å². The van der Waals surface area contributed by atoms with Crippen molar-refractivity contribution in [3.63, 3.8) is 0 Å². The third-order valence-corrected chi connectivity index (χ3v) is 6.10. The first-order valence-electron chi connectivity index (χ1n) is 11.9. The largest absolute Gasteiger partial charge is 0.493 e.